The highest BCUT2D eigenvalue weighted by atomic mass is 35.5. The number of carbonyl (C=O) groups is 1. The molecular formula is C14H9ClFN3O2. The van der Waals surface area contributed by atoms with Crippen LogP contribution in [-0.4, -0.2) is 11.1 Å². The van der Waals surface area contributed by atoms with Gasteiger partial charge in [0, 0.05) is 0 Å². The van der Waals surface area contributed by atoms with Crippen molar-refractivity contribution in [3.05, 3.63) is 52.3 Å². The van der Waals surface area contributed by atoms with E-state index in [1.807, 2.05) is 6.07 Å². The summed E-state index contributed by atoms with van der Waals surface area (Å²) < 4.78 is 13.4. The first kappa shape index (κ1) is 14.6. The van der Waals surface area contributed by atoms with E-state index in [1.54, 1.807) is 0 Å². The smallest absolute Gasteiger partial charge is 0.340 e. The number of anilines is 3. The number of aromatic carboxylic acids is 1. The van der Waals surface area contributed by atoms with E-state index in [0.717, 1.165) is 6.07 Å². The maximum Gasteiger partial charge on any atom is 0.340 e. The van der Waals surface area contributed by atoms with Gasteiger partial charge >= 0.3 is 5.97 Å². The number of carboxylic acid groups (broad SMARTS) is 1. The Morgan fingerprint density at radius 2 is 2.05 bits per heavy atom. The van der Waals surface area contributed by atoms with Crippen LogP contribution in [-0.2, 0) is 0 Å². The molecular weight excluding hydrogens is 297 g/mol. The molecule has 0 aliphatic heterocycles. The topological polar surface area (TPSA) is 99.1 Å². The number of nitrogens with one attached hydrogen (secondary N) is 1. The summed E-state index contributed by atoms with van der Waals surface area (Å²) in [4.78, 5) is 11.2. The van der Waals surface area contributed by atoms with Crippen LogP contribution in [0.5, 0.6) is 0 Å². The molecule has 4 N–H and O–H groups in total. The minimum atomic E-state index is -1.37. The Hall–Kier alpha value is -2.78. The summed E-state index contributed by atoms with van der Waals surface area (Å²) >= 11 is 5.98. The van der Waals surface area contributed by atoms with Crippen molar-refractivity contribution >= 4 is 34.6 Å². The van der Waals surface area contributed by atoms with Crippen LogP contribution in [0.1, 0.15) is 15.9 Å². The fourth-order valence-electron chi connectivity index (χ4n) is 1.76. The van der Waals surface area contributed by atoms with Crippen molar-refractivity contribution in [2.75, 3.05) is 11.1 Å². The molecule has 2 rings (SSSR count). The summed E-state index contributed by atoms with van der Waals surface area (Å²) in [6, 6.07) is 8.69. The minimum absolute atomic E-state index is 0.0818. The maximum absolute atomic E-state index is 13.4. The van der Waals surface area contributed by atoms with Gasteiger partial charge in [-0.1, -0.05) is 11.6 Å². The molecule has 21 heavy (non-hydrogen) atoms. The lowest BCUT2D eigenvalue weighted by atomic mass is 10.1. The van der Waals surface area contributed by atoms with Crippen molar-refractivity contribution in [1.82, 2.24) is 0 Å². The number of hydrogen-bond donors (Lipinski definition) is 3. The van der Waals surface area contributed by atoms with Gasteiger partial charge in [-0.25, -0.2) is 9.18 Å². The summed E-state index contributed by atoms with van der Waals surface area (Å²) in [7, 11) is 0. The molecule has 0 aromatic heterocycles. The number of nitrogens with two attached hydrogens (primary N) is 1. The highest BCUT2D eigenvalue weighted by Gasteiger charge is 2.18. The molecule has 7 heteroatoms. The van der Waals surface area contributed by atoms with Crippen molar-refractivity contribution in [1.29, 1.82) is 5.26 Å². The zero-order valence-electron chi connectivity index (χ0n) is 10.5. The van der Waals surface area contributed by atoms with Gasteiger partial charge in [0.2, 0.25) is 0 Å². The first-order valence-electron chi connectivity index (χ1n) is 5.72. The minimum Gasteiger partial charge on any atom is -0.478 e. The maximum atomic E-state index is 13.4. The standard InChI is InChI=1S/C14H9ClFN3O2/c15-8-2-1-7(6-17)5-11(8)19-10-4-3-9(16)13(18)12(10)14(20)21/h1-5,19H,18H2,(H,20,21). The average Bonchev–Trinajstić information content (AvgIpc) is 2.45. The number of hydrogen-bond acceptors (Lipinski definition) is 4. The molecule has 2 aromatic rings. The van der Waals surface area contributed by atoms with Crippen LogP contribution in [0.3, 0.4) is 0 Å². The molecule has 0 amide bonds. The molecule has 0 unspecified atom stereocenters. The Bertz CT molecular complexity index is 772. The van der Waals surface area contributed by atoms with Crippen LogP contribution in [0, 0.1) is 17.1 Å². The van der Waals surface area contributed by atoms with Gasteiger partial charge in [-0.05, 0) is 30.3 Å². The Labute approximate surface area is 124 Å². The van der Waals surface area contributed by atoms with Gasteiger partial charge < -0.3 is 16.2 Å². The van der Waals surface area contributed by atoms with E-state index in [-0.39, 0.29) is 10.7 Å². The Morgan fingerprint density at radius 1 is 1.33 bits per heavy atom. The zero-order chi connectivity index (χ0) is 15.6. The largest absolute Gasteiger partial charge is 0.478 e. The van der Waals surface area contributed by atoms with Crippen LogP contribution in [0.25, 0.3) is 0 Å². The average molecular weight is 306 g/mol. The van der Waals surface area contributed by atoms with Gasteiger partial charge in [-0.2, -0.15) is 5.26 Å². The van der Waals surface area contributed by atoms with E-state index in [1.165, 1.54) is 24.3 Å². The quantitative estimate of drug-likeness (QED) is 0.755. The normalized spacial score (nSPS) is 9.95. The van der Waals surface area contributed by atoms with Crippen LogP contribution < -0.4 is 11.1 Å². The van der Waals surface area contributed by atoms with Crippen LogP contribution in [0.2, 0.25) is 5.02 Å². The molecule has 0 fully saturated rings. The van der Waals surface area contributed by atoms with Gasteiger partial charge in [0.15, 0.2) is 0 Å². The molecule has 0 aliphatic rings. The number of nitrogen functional groups attached to an aromatic ring is 1. The SMILES string of the molecule is N#Cc1ccc(Cl)c(Nc2ccc(F)c(N)c2C(=O)O)c1. The van der Waals surface area contributed by atoms with Crippen molar-refractivity contribution in [2.45, 2.75) is 0 Å². The third kappa shape index (κ3) is 2.88. The zero-order valence-corrected chi connectivity index (χ0v) is 11.3. The molecule has 0 atom stereocenters. The molecule has 0 saturated carbocycles. The summed E-state index contributed by atoms with van der Waals surface area (Å²) in [5.74, 6) is -2.20. The van der Waals surface area contributed by atoms with E-state index in [0.29, 0.717) is 11.3 Å². The van der Waals surface area contributed by atoms with E-state index in [4.69, 9.17) is 27.7 Å². The Morgan fingerprint density at radius 3 is 2.67 bits per heavy atom. The Kier molecular flexibility index (Phi) is 3.96. The predicted molar refractivity (Wildman–Crippen MR) is 77.2 cm³/mol. The number of benzene rings is 2. The van der Waals surface area contributed by atoms with E-state index >= 15 is 0 Å². The highest BCUT2D eigenvalue weighted by molar-refractivity contribution is 6.33. The fourth-order valence-corrected chi connectivity index (χ4v) is 1.93. The molecule has 0 bridgehead atoms. The second-order valence-corrected chi connectivity index (χ2v) is 4.53. The lowest BCUT2D eigenvalue weighted by Gasteiger charge is -2.13. The molecule has 0 heterocycles. The van der Waals surface area contributed by atoms with Crippen molar-refractivity contribution in [2.24, 2.45) is 0 Å². The van der Waals surface area contributed by atoms with E-state index < -0.39 is 23.0 Å². The summed E-state index contributed by atoms with van der Waals surface area (Å²) in [6.45, 7) is 0. The molecule has 0 radical (unpaired) electrons. The fraction of sp³-hybridized carbons (Fsp3) is 0. The summed E-state index contributed by atoms with van der Waals surface area (Å²) in [5.41, 5.74) is 5.33. The summed E-state index contributed by atoms with van der Waals surface area (Å²) in [5, 5.41) is 21.0. The molecule has 2 aromatic carbocycles. The number of halogens is 2. The first-order chi connectivity index (χ1) is 9.93. The molecule has 106 valence electrons. The van der Waals surface area contributed by atoms with Crippen LogP contribution in [0.15, 0.2) is 30.3 Å². The monoisotopic (exact) mass is 305 g/mol. The first-order valence-corrected chi connectivity index (χ1v) is 6.09. The highest BCUT2D eigenvalue weighted by Crippen LogP contribution is 2.31. The summed E-state index contributed by atoms with van der Waals surface area (Å²) in [6.07, 6.45) is 0. The van der Waals surface area contributed by atoms with Gasteiger partial charge in [-0.3, -0.25) is 0 Å². The number of rotatable bonds is 3. The van der Waals surface area contributed by atoms with Crippen LogP contribution >= 0.6 is 11.6 Å². The second-order valence-electron chi connectivity index (χ2n) is 4.12. The third-order valence-corrected chi connectivity index (χ3v) is 3.10. The molecule has 5 nitrogen and oxygen atoms in total. The lowest BCUT2D eigenvalue weighted by molar-refractivity contribution is 0.0698. The van der Waals surface area contributed by atoms with E-state index in [2.05, 4.69) is 5.32 Å². The van der Waals surface area contributed by atoms with Crippen LogP contribution in [0.4, 0.5) is 21.5 Å². The van der Waals surface area contributed by atoms with Gasteiger partial charge in [0.25, 0.3) is 0 Å². The number of nitriles is 1. The second kappa shape index (κ2) is 5.69. The third-order valence-electron chi connectivity index (χ3n) is 2.77. The van der Waals surface area contributed by atoms with E-state index in [9.17, 15) is 9.18 Å². The van der Waals surface area contributed by atoms with Crippen molar-refractivity contribution in [3.63, 3.8) is 0 Å². The molecule has 0 aliphatic carbocycles. The molecule has 0 spiro atoms. The lowest BCUT2D eigenvalue weighted by Crippen LogP contribution is -2.09. The number of carboxylic acids is 1. The number of nitrogens with zero attached hydrogens (tertiary/aromatic N) is 1. The predicted octanol–water partition coefficient (Wildman–Crippen LogP) is 3.37. The molecule has 0 saturated heterocycles. The van der Waals surface area contributed by atoms with Gasteiger partial charge in [0.05, 0.1) is 33.7 Å². The van der Waals surface area contributed by atoms with Gasteiger partial charge in [-0.15, -0.1) is 0 Å². The van der Waals surface area contributed by atoms with Crippen molar-refractivity contribution < 1.29 is 14.3 Å². The van der Waals surface area contributed by atoms with Gasteiger partial charge in [0.1, 0.15) is 11.4 Å². The van der Waals surface area contributed by atoms with Crippen molar-refractivity contribution in [3.8, 4) is 6.07 Å². The Balaban J connectivity index is 2.53.